The van der Waals surface area contributed by atoms with Crippen molar-refractivity contribution in [2.24, 2.45) is 5.73 Å². The van der Waals surface area contributed by atoms with E-state index >= 15 is 0 Å². The molecule has 116 valence electrons. The number of amides is 2. The van der Waals surface area contributed by atoms with Crippen LogP contribution in [0.15, 0.2) is 35.5 Å². The minimum absolute atomic E-state index is 0.116. The van der Waals surface area contributed by atoms with Gasteiger partial charge in [-0.15, -0.1) is 5.10 Å². The molecule has 0 saturated carbocycles. The third kappa shape index (κ3) is 4.59. The first-order valence-electron chi connectivity index (χ1n) is 6.72. The number of anilines is 1. The summed E-state index contributed by atoms with van der Waals surface area (Å²) in [6, 6.07) is 9.18. The summed E-state index contributed by atoms with van der Waals surface area (Å²) < 4.78 is 0. The number of H-pyrrole nitrogens is 1. The molecule has 0 atom stereocenters. The minimum Gasteiger partial charge on any atom is -0.370 e. The van der Waals surface area contributed by atoms with Crippen LogP contribution in [0.4, 0.5) is 5.69 Å². The summed E-state index contributed by atoms with van der Waals surface area (Å²) in [5.41, 5.74) is 5.92. The van der Waals surface area contributed by atoms with Gasteiger partial charge in [-0.05, 0) is 19.1 Å². The van der Waals surface area contributed by atoms with Gasteiger partial charge in [0.15, 0.2) is 0 Å². The highest BCUT2D eigenvalue weighted by atomic mass is 32.2. The summed E-state index contributed by atoms with van der Waals surface area (Å²) in [4.78, 5) is 29.1. The molecular weight excluding hydrogens is 302 g/mol. The quantitative estimate of drug-likeness (QED) is 0.744. The fraction of sp³-hybridized carbons (Fsp3) is 0.286. The van der Waals surface area contributed by atoms with Crippen molar-refractivity contribution >= 4 is 29.3 Å². The van der Waals surface area contributed by atoms with E-state index in [0.717, 1.165) is 5.69 Å². The third-order valence-corrected chi connectivity index (χ3v) is 3.68. The van der Waals surface area contributed by atoms with E-state index in [1.807, 2.05) is 30.3 Å². The van der Waals surface area contributed by atoms with E-state index in [2.05, 4.69) is 15.2 Å². The van der Waals surface area contributed by atoms with Crippen molar-refractivity contribution in [1.82, 2.24) is 15.2 Å². The van der Waals surface area contributed by atoms with Crippen LogP contribution in [0.1, 0.15) is 12.2 Å². The molecule has 0 saturated heterocycles. The van der Waals surface area contributed by atoms with Gasteiger partial charge in [-0.25, -0.2) is 4.98 Å². The fourth-order valence-electron chi connectivity index (χ4n) is 1.82. The molecule has 2 aromatic rings. The van der Waals surface area contributed by atoms with E-state index in [-0.39, 0.29) is 24.6 Å². The molecule has 7 nitrogen and oxygen atoms in total. The molecule has 1 heterocycles. The molecule has 2 rings (SSSR count). The van der Waals surface area contributed by atoms with Crippen molar-refractivity contribution in [3.8, 4) is 0 Å². The number of carbonyl (C=O) groups excluding carboxylic acids is 2. The number of aryl methyl sites for hydroxylation is 1. The summed E-state index contributed by atoms with van der Waals surface area (Å²) in [5, 5.41) is 7.22. The normalized spacial score (nSPS) is 10.4. The SMILES string of the molecule is Cc1nc(SCC(=O)N(CCC(N)=O)c2ccccc2)n[nH]1. The Hall–Kier alpha value is -2.35. The highest BCUT2D eigenvalue weighted by Gasteiger charge is 2.17. The second-order valence-corrected chi connectivity index (χ2v) is 5.53. The number of nitrogens with one attached hydrogen (secondary N) is 1. The number of aromatic amines is 1. The topological polar surface area (TPSA) is 105 Å². The van der Waals surface area contributed by atoms with E-state index < -0.39 is 5.91 Å². The standard InChI is InChI=1S/C14H17N5O2S/c1-10-16-14(18-17-10)22-9-13(21)19(8-7-12(15)20)11-5-3-2-4-6-11/h2-6H,7-9H2,1H3,(H2,15,20)(H,16,17,18). The van der Waals surface area contributed by atoms with Crippen molar-refractivity contribution in [2.45, 2.75) is 18.5 Å². The number of aromatic nitrogens is 3. The Morgan fingerprint density at radius 3 is 2.64 bits per heavy atom. The van der Waals surface area contributed by atoms with Crippen LogP contribution < -0.4 is 10.6 Å². The van der Waals surface area contributed by atoms with Crippen LogP contribution in [-0.2, 0) is 9.59 Å². The molecule has 22 heavy (non-hydrogen) atoms. The number of primary amides is 1. The zero-order valence-corrected chi connectivity index (χ0v) is 13.0. The molecule has 1 aromatic heterocycles. The molecule has 0 fully saturated rings. The predicted molar refractivity (Wildman–Crippen MR) is 84.5 cm³/mol. The summed E-state index contributed by atoms with van der Waals surface area (Å²) in [6.45, 7) is 2.05. The Labute approximate surface area is 132 Å². The van der Waals surface area contributed by atoms with Gasteiger partial charge in [0, 0.05) is 18.7 Å². The van der Waals surface area contributed by atoms with Crippen LogP contribution >= 0.6 is 11.8 Å². The molecule has 2 amide bonds. The zero-order valence-electron chi connectivity index (χ0n) is 12.2. The Balaban J connectivity index is 2.03. The van der Waals surface area contributed by atoms with E-state index in [4.69, 9.17) is 5.73 Å². The van der Waals surface area contributed by atoms with Gasteiger partial charge < -0.3 is 10.6 Å². The van der Waals surface area contributed by atoms with Crippen molar-refractivity contribution in [3.05, 3.63) is 36.2 Å². The van der Waals surface area contributed by atoms with Crippen molar-refractivity contribution in [3.63, 3.8) is 0 Å². The summed E-state index contributed by atoms with van der Waals surface area (Å²) in [5.74, 6) is 0.319. The van der Waals surface area contributed by atoms with E-state index in [1.54, 1.807) is 11.8 Å². The summed E-state index contributed by atoms with van der Waals surface area (Å²) in [6.07, 6.45) is 0.116. The van der Waals surface area contributed by atoms with Gasteiger partial charge in [-0.1, -0.05) is 30.0 Å². The lowest BCUT2D eigenvalue weighted by Gasteiger charge is -2.22. The Bertz CT molecular complexity index is 644. The largest absolute Gasteiger partial charge is 0.370 e. The number of thioether (sulfide) groups is 1. The van der Waals surface area contributed by atoms with Gasteiger partial charge in [0.1, 0.15) is 5.82 Å². The Morgan fingerprint density at radius 2 is 2.05 bits per heavy atom. The number of carbonyl (C=O) groups is 2. The van der Waals surface area contributed by atoms with Crippen LogP contribution in [-0.4, -0.2) is 39.3 Å². The maximum absolute atomic E-state index is 12.4. The predicted octanol–water partition coefficient (Wildman–Crippen LogP) is 1.11. The molecular formula is C14H17N5O2S. The zero-order chi connectivity index (χ0) is 15.9. The summed E-state index contributed by atoms with van der Waals surface area (Å²) in [7, 11) is 0. The fourth-order valence-corrected chi connectivity index (χ4v) is 2.54. The number of para-hydroxylation sites is 1. The average Bonchev–Trinajstić information content (AvgIpc) is 2.92. The molecule has 0 aliphatic rings. The second kappa shape index (κ2) is 7.60. The van der Waals surface area contributed by atoms with Gasteiger partial charge in [-0.2, -0.15) is 0 Å². The van der Waals surface area contributed by atoms with Crippen LogP contribution in [0.25, 0.3) is 0 Å². The first-order valence-corrected chi connectivity index (χ1v) is 7.70. The number of nitrogens with two attached hydrogens (primary N) is 1. The van der Waals surface area contributed by atoms with E-state index in [9.17, 15) is 9.59 Å². The monoisotopic (exact) mass is 319 g/mol. The number of rotatable bonds is 7. The number of nitrogens with zero attached hydrogens (tertiary/aromatic N) is 3. The molecule has 3 N–H and O–H groups in total. The van der Waals surface area contributed by atoms with Crippen LogP contribution in [0, 0.1) is 6.92 Å². The highest BCUT2D eigenvalue weighted by molar-refractivity contribution is 7.99. The molecule has 0 bridgehead atoms. The number of benzene rings is 1. The molecule has 0 aliphatic carbocycles. The van der Waals surface area contributed by atoms with E-state index in [1.165, 1.54) is 11.8 Å². The Morgan fingerprint density at radius 1 is 1.32 bits per heavy atom. The average molecular weight is 319 g/mol. The van der Waals surface area contributed by atoms with Crippen LogP contribution in [0.3, 0.4) is 0 Å². The maximum Gasteiger partial charge on any atom is 0.237 e. The first kappa shape index (κ1) is 16.0. The molecule has 1 aromatic carbocycles. The van der Waals surface area contributed by atoms with Crippen molar-refractivity contribution in [2.75, 3.05) is 17.2 Å². The van der Waals surface area contributed by atoms with Crippen LogP contribution in [0.2, 0.25) is 0 Å². The smallest absolute Gasteiger partial charge is 0.237 e. The lowest BCUT2D eigenvalue weighted by Crippen LogP contribution is -2.35. The summed E-state index contributed by atoms with van der Waals surface area (Å²) >= 11 is 1.25. The lowest BCUT2D eigenvalue weighted by molar-refractivity contribution is -0.118. The van der Waals surface area contributed by atoms with Crippen molar-refractivity contribution < 1.29 is 9.59 Å². The number of hydrogen-bond acceptors (Lipinski definition) is 5. The maximum atomic E-state index is 12.4. The molecule has 8 heteroatoms. The molecule has 0 aliphatic heterocycles. The Kier molecular flexibility index (Phi) is 5.54. The van der Waals surface area contributed by atoms with E-state index in [0.29, 0.717) is 11.0 Å². The van der Waals surface area contributed by atoms with Gasteiger partial charge in [0.25, 0.3) is 0 Å². The van der Waals surface area contributed by atoms with Crippen LogP contribution in [0.5, 0.6) is 0 Å². The van der Waals surface area contributed by atoms with Gasteiger partial charge >= 0.3 is 0 Å². The number of hydrogen-bond donors (Lipinski definition) is 2. The van der Waals surface area contributed by atoms with Gasteiger partial charge in [0.2, 0.25) is 17.0 Å². The van der Waals surface area contributed by atoms with Gasteiger partial charge in [0.05, 0.1) is 5.75 Å². The third-order valence-electron chi connectivity index (χ3n) is 2.85. The molecule has 0 radical (unpaired) electrons. The second-order valence-electron chi connectivity index (χ2n) is 4.59. The van der Waals surface area contributed by atoms with Gasteiger partial charge in [-0.3, -0.25) is 14.7 Å². The first-order chi connectivity index (χ1) is 10.6. The minimum atomic E-state index is -0.439. The molecule has 0 spiro atoms. The van der Waals surface area contributed by atoms with Crippen molar-refractivity contribution in [1.29, 1.82) is 0 Å². The lowest BCUT2D eigenvalue weighted by atomic mass is 10.2. The highest BCUT2D eigenvalue weighted by Crippen LogP contribution is 2.18. The molecule has 0 unspecified atom stereocenters.